The molecule has 3 atom stereocenters. The molecule has 3 aliphatic rings. The average molecular weight is 504 g/mol. The fourth-order valence-corrected chi connectivity index (χ4v) is 5.29. The second kappa shape index (κ2) is 10.6. The molecule has 1 amide bonds. The van der Waals surface area contributed by atoms with Gasteiger partial charge in [-0.25, -0.2) is 4.39 Å². The van der Waals surface area contributed by atoms with Crippen molar-refractivity contribution >= 4 is 23.2 Å². The van der Waals surface area contributed by atoms with Crippen LogP contribution in [0.15, 0.2) is 36.4 Å². The van der Waals surface area contributed by atoms with Crippen LogP contribution in [-0.2, 0) is 4.79 Å². The first-order valence-corrected chi connectivity index (χ1v) is 12.7. The molecule has 2 saturated heterocycles. The standard InChI is InChI=1S/C26H31ClFN3O4/c27-19-3-5-20(6-4-19)31-10-7-17(15-31)26(33)29-22(16-30-8-1-2-9-30)24(32)18-13-21(28)25-23(14-18)34-11-12-35-25/h3-6,13-14,17,22,24,32H,1-2,7-12,15-16H2,(H,29,33)/t17-,22-,24-/m1/s1. The predicted octanol–water partition coefficient (Wildman–Crippen LogP) is 3.39. The number of amides is 1. The number of rotatable bonds is 7. The van der Waals surface area contributed by atoms with E-state index in [1.165, 1.54) is 6.07 Å². The minimum atomic E-state index is -1.08. The van der Waals surface area contributed by atoms with E-state index in [0.29, 0.717) is 30.3 Å². The number of carbonyl (C=O) groups is 1. The van der Waals surface area contributed by atoms with Crippen molar-refractivity contribution in [2.24, 2.45) is 5.92 Å². The summed E-state index contributed by atoms with van der Waals surface area (Å²) in [6, 6.07) is 9.92. The number of nitrogens with one attached hydrogen (secondary N) is 1. The third-order valence-electron chi connectivity index (χ3n) is 7.07. The van der Waals surface area contributed by atoms with E-state index in [1.807, 2.05) is 24.3 Å². The van der Waals surface area contributed by atoms with Gasteiger partial charge in [0.1, 0.15) is 19.3 Å². The van der Waals surface area contributed by atoms with Crippen LogP contribution in [0.5, 0.6) is 11.5 Å². The van der Waals surface area contributed by atoms with Crippen molar-refractivity contribution in [3.63, 3.8) is 0 Å². The Morgan fingerprint density at radius 2 is 1.89 bits per heavy atom. The van der Waals surface area contributed by atoms with E-state index in [2.05, 4.69) is 15.1 Å². The Hall–Kier alpha value is -2.55. The lowest BCUT2D eigenvalue weighted by Crippen LogP contribution is -2.48. The van der Waals surface area contributed by atoms with Crippen molar-refractivity contribution in [1.82, 2.24) is 10.2 Å². The van der Waals surface area contributed by atoms with Gasteiger partial charge in [0.2, 0.25) is 5.91 Å². The van der Waals surface area contributed by atoms with Crippen LogP contribution in [0, 0.1) is 11.7 Å². The van der Waals surface area contributed by atoms with Gasteiger partial charge in [-0.05, 0) is 74.3 Å². The fourth-order valence-electron chi connectivity index (χ4n) is 5.16. The highest BCUT2D eigenvalue weighted by Crippen LogP contribution is 2.36. The summed E-state index contributed by atoms with van der Waals surface area (Å²) in [6.07, 6.45) is 1.82. The zero-order valence-electron chi connectivity index (χ0n) is 19.6. The Labute approximate surface area is 209 Å². The molecule has 5 rings (SSSR count). The highest BCUT2D eigenvalue weighted by Gasteiger charge is 2.33. The van der Waals surface area contributed by atoms with E-state index in [1.54, 1.807) is 6.07 Å². The molecule has 0 saturated carbocycles. The van der Waals surface area contributed by atoms with E-state index in [4.69, 9.17) is 21.1 Å². The lowest BCUT2D eigenvalue weighted by Gasteiger charge is -2.30. The fraction of sp³-hybridized carbons (Fsp3) is 0.500. The second-order valence-electron chi connectivity index (χ2n) is 9.50. The molecule has 7 nitrogen and oxygen atoms in total. The van der Waals surface area contributed by atoms with E-state index in [-0.39, 0.29) is 29.9 Å². The van der Waals surface area contributed by atoms with Gasteiger partial charge < -0.3 is 29.7 Å². The third-order valence-corrected chi connectivity index (χ3v) is 7.33. The molecule has 188 valence electrons. The number of halogens is 2. The van der Waals surface area contributed by atoms with Crippen molar-refractivity contribution < 1.29 is 23.8 Å². The van der Waals surface area contributed by atoms with Gasteiger partial charge in [0.25, 0.3) is 0 Å². The summed E-state index contributed by atoms with van der Waals surface area (Å²) >= 11 is 6.01. The van der Waals surface area contributed by atoms with Crippen LogP contribution in [-0.4, -0.2) is 67.9 Å². The summed E-state index contributed by atoms with van der Waals surface area (Å²) in [5.41, 5.74) is 1.40. The molecule has 2 fully saturated rings. The largest absolute Gasteiger partial charge is 0.486 e. The van der Waals surface area contributed by atoms with Gasteiger partial charge in [0.05, 0.1) is 12.0 Å². The Morgan fingerprint density at radius 1 is 1.14 bits per heavy atom. The van der Waals surface area contributed by atoms with Gasteiger partial charge in [-0.3, -0.25) is 4.79 Å². The summed E-state index contributed by atoms with van der Waals surface area (Å²) in [5, 5.41) is 15.1. The van der Waals surface area contributed by atoms with E-state index in [0.717, 1.165) is 44.6 Å². The predicted molar refractivity (Wildman–Crippen MR) is 132 cm³/mol. The first-order valence-electron chi connectivity index (χ1n) is 12.3. The SMILES string of the molecule is O=C(N[C@H](CN1CCCC1)[C@H](O)c1cc(F)c2c(c1)OCCO2)[C@@H]1CCN(c2ccc(Cl)cc2)C1. The summed E-state index contributed by atoms with van der Waals surface area (Å²) in [6.45, 7) is 4.31. The lowest BCUT2D eigenvalue weighted by molar-refractivity contribution is -0.126. The third kappa shape index (κ3) is 5.50. The van der Waals surface area contributed by atoms with E-state index in [9.17, 15) is 14.3 Å². The Kier molecular flexibility index (Phi) is 7.32. The zero-order chi connectivity index (χ0) is 24.4. The number of benzene rings is 2. The van der Waals surface area contributed by atoms with Crippen LogP contribution >= 0.6 is 11.6 Å². The van der Waals surface area contributed by atoms with Crippen LogP contribution in [0.1, 0.15) is 30.9 Å². The number of anilines is 1. The van der Waals surface area contributed by atoms with E-state index >= 15 is 0 Å². The van der Waals surface area contributed by atoms with Gasteiger partial charge in [-0.15, -0.1) is 0 Å². The molecule has 0 unspecified atom stereocenters. The Morgan fingerprint density at radius 3 is 2.66 bits per heavy atom. The molecule has 0 spiro atoms. The molecule has 9 heteroatoms. The molecule has 3 heterocycles. The summed E-state index contributed by atoms with van der Waals surface area (Å²) in [4.78, 5) is 17.7. The molecular formula is C26H31ClFN3O4. The second-order valence-corrected chi connectivity index (χ2v) is 9.94. The Balaban J connectivity index is 1.30. The van der Waals surface area contributed by atoms with Crippen LogP contribution in [0.4, 0.5) is 10.1 Å². The molecule has 35 heavy (non-hydrogen) atoms. The summed E-state index contributed by atoms with van der Waals surface area (Å²) in [7, 11) is 0. The van der Waals surface area contributed by atoms with Gasteiger partial charge in [0.15, 0.2) is 17.3 Å². The number of aliphatic hydroxyl groups excluding tert-OH is 1. The number of hydrogen-bond acceptors (Lipinski definition) is 6. The van der Waals surface area contributed by atoms with E-state index < -0.39 is 18.0 Å². The van der Waals surface area contributed by atoms with Crippen LogP contribution < -0.4 is 19.7 Å². The maximum atomic E-state index is 14.7. The summed E-state index contributed by atoms with van der Waals surface area (Å²) < 4.78 is 25.6. The molecule has 0 bridgehead atoms. The first kappa shape index (κ1) is 24.2. The number of fused-ring (bicyclic) bond motifs is 1. The van der Waals surface area contributed by atoms with Gasteiger partial charge in [0, 0.05) is 30.3 Å². The number of hydrogen-bond donors (Lipinski definition) is 2. The molecule has 2 aromatic carbocycles. The van der Waals surface area contributed by atoms with Gasteiger partial charge in [-0.1, -0.05) is 11.6 Å². The van der Waals surface area contributed by atoms with Gasteiger partial charge in [-0.2, -0.15) is 0 Å². The number of nitrogens with zero attached hydrogens (tertiary/aromatic N) is 2. The average Bonchev–Trinajstić information content (AvgIpc) is 3.56. The summed E-state index contributed by atoms with van der Waals surface area (Å²) in [5.74, 6) is -0.512. The van der Waals surface area contributed by atoms with Crippen LogP contribution in [0.25, 0.3) is 0 Å². The molecular weight excluding hydrogens is 473 g/mol. The molecule has 2 N–H and O–H groups in total. The van der Waals surface area contributed by atoms with Gasteiger partial charge >= 0.3 is 0 Å². The molecule has 3 aliphatic heterocycles. The van der Waals surface area contributed by atoms with Crippen LogP contribution in [0.2, 0.25) is 5.02 Å². The first-order chi connectivity index (χ1) is 17.0. The minimum Gasteiger partial charge on any atom is -0.486 e. The number of aliphatic hydroxyl groups is 1. The van der Waals surface area contributed by atoms with Crippen molar-refractivity contribution in [3.8, 4) is 11.5 Å². The van der Waals surface area contributed by atoms with Crippen molar-refractivity contribution in [2.75, 3.05) is 50.8 Å². The normalized spacial score (nSPS) is 21.7. The topological polar surface area (TPSA) is 74.3 Å². The highest BCUT2D eigenvalue weighted by atomic mass is 35.5. The number of ether oxygens (including phenoxy) is 2. The molecule has 0 aromatic heterocycles. The number of likely N-dealkylation sites (tertiary alicyclic amines) is 1. The smallest absolute Gasteiger partial charge is 0.225 e. The van der Waals surface area contributed by atoms with Crippen molar-refractivity contribution in [3.05, 3.63) is 52.8 Å². The molecule has 0 aliphatic carbocycles. The monoisotopic (exact) mass is 503 g/mol. The maximum Gasteiger partial charge on any atom is 0.225 e. The van der Waals surface area contributed by atoms with Crippen molar-refractivity contribution in [2.45, 2.75) is 31.4 Å². The lowest BCUT2D eigenvalue weighted by atomic mass is 9.99. The van der Waals surface area contributed by atoms with Crippen molar-refractivity contribution in [1.29, 1.82) is 0 Å². The quantitative estimate of drug-likeness (QED) is 0.603. The van der Waals surface area contributed by atoms with Crippen LogP contribution in [0.3, 0.4) is 0 Å². The molecule has 0 radical (unpaired) electrons. The minimum absolute atomic E-state index is 0.0700. The number of carbonyl (C=O) groups excluding carboxylic acids is 1. The molecule has 2 aromatic rings. The maximum absolute atomic E-state index is 14.7. The Bertz CT molecular complexity index is 1050. The highest BCUT2D eigenvalue weighted by molar-refractivity contribution is 6.30. The zero-order valence-corrected chi connectivity index (χ0v) is 20.3.